The number of rotatable bonds is 1. The van der Waals surface area contributed by atoms with Crippen LogP contribution in [0.15, 0.2) is 11.6 Å². The van der Waals surface area contributed by atoms with Crippen LogP contribution in [0.5, 0.6) is 0 Å². The van der Waals surface area contributed by atoms with E-state index in [1.165, 1.54) is 5.57 Å². The van der Waals surface area contributed by atoms with E-state index in [9.17, 15) is 4.79 Å². The van der Waals surface area contributed by atoms with Crippen molar-refractivity contribution in [2.45, 2.75) is 70.6 Å². The Kier molecular flexibility index (Phi) is 4.19. The molecule has 4 heteroatoms. The van der Waals surface area contributed by atoms with Crippen LogP contribution in [0.3, 0.4) is 0 Å². The first-order valence-electron chi connectivity index (χ1n) is 7.21. The second-order valence-corrected chi connectivity index (χ2v) is 6.56. The predicted octanol–water partition coefficient (Wildman–Crippen LogP) is 2.86. The summed E-state index contributed by atoms with van der Waals surface area (Å²) in [4.78, 5) is 14.3. The van der Waals surface area contributed by atoms with Gasteiger partial charge in [-0.05, 0) is 52.9 Å². The molecule has 2 aliphatic heterocycles. The van der Waals surface area contributed by atoms with Gasteiger partial charge in [0.25, 0.3) is 0 Å². The molecule has 2 saturated heterocycles. The number of nitrogens with zero attached hydrogens (tertiary/aromatic N) is 1. The van der Waals surface area contributed by atoms with Crippen LogP contribution in [0.4, 0.5) is 4.79 Å². The normalized spacial score (nSPS) is 29.5. The fourth-order valence-corrected chi connectivity index (χ4v) is 3.13. The molecule has 2 rings (SSSR count). The number of fused-ring (bicyclic) bond motifs is 2. The van der Waals surface area contributed by atoms with Crippen LogP contribution in [0.25, 0.3) is 0 Å². The van der Waals surface area contributed by atoms with E-state index < -0.39 is 5.60 Å². The van der Waals surface area contributed by atoms with Gasteiger partial charge in [-0.2, -0.15) is 0 Å². The lowest BCUT2D eigenvalue weighted by Gasteiger charge is -2.31. The molecule has 0 aromatic rings. The van der Waals surface area contributed by atoms with Crippen LogP contribution in [-0.4, -0.2) is 40.4 Å². The summed E-state index contributed by atoms with van der Waals surface area (Å²) in [5, 5.41) is 9.03. The Bertz CT molecular complexity index is 370. The zero-order valence-corrected chi connectivity index (χ0v) is 12.2. The zero-order chi connectivity index (χ0) is 14.0. The molecule has 0 radical (unpaired) electrons. The number of hydrogen-bond donors (Lipinski definition) is 1. The highest BCUT2D eigenvalue weighted by atomic mass is 16.6. The van der Waals surface area contributed by atoms with E-state index in [-0.39, 0.29) is 18.7 Å². The average Bonchev–Trinajstić information content (AvgIpc) is 2.56. The Balaban J connectivity index is 2.09. The second kappa shape index (κ2) is 5.53. The highest BCUT2D eigenvalue weighted by Gasteiger charge is 2.40. The summed E-state index contributed by atoms with van der Waals surface area (Å²) in [7, 11) is 0. The summed E-state index contributed by atoms with van der Waals surface area (Å²) >= 11 is 0. The lowest BCUT2D eigenvalue weighted by atomic mass is 9.96. The van der Waals surface area contributed by atoms with E-state index in [1.54, 1.807) is 0 Å². The maximum Gasteiger partial charge on any atom is 0.410 e. The number of hydrogen-bond acceptors (Lipinski definition) is 3. The van der Waals surface area contributed by atoms with Crippen molar-refractivity contribution in [3.8, 4) is 0 Å². The Morgan fingerprint density at radius 2 is 2.05 bits per heavy atom. The van der Waals surface area contributed by atoms with E-state index in [0.717, 1.165) is 32.1 Å². The van der Waals surface area contributed by atoms with Crippen LogP contribution in [-0.2, 0) is 4.74 Å². The summed E-state index contributed by atoms with van der Waals surface area (Å²) in [6.07, 6.45) is 6.71. The van der Waals surface area contributed by atoms with E-state index in [0.29, 0.717) is 6.04 Å². The minimum Gasteiger partial charge on any atom is -0.444 e. The number of aliphatic hydroxyl groups is 1. The Morgan fingerprint density at radius 3 is 2.68 bits per heavy atom. The largest absolute Gasteiger partial charge is 0.444 e. The van der Waals surface area contributed by atoms with Crippen LogP contribution >= 0.6 is 0 Å². The molecule has 19 heavy (non-hydrogen) atoms. The molecule has 2 aliphatic rings. The fourth-order valence-electron chi connectivity index (χ4n) is 3.13. The molecule has 1 amide bonds. The van der Waals surface area contributed by atoms with Gasteiger partial charge in [0, 0.05) is 12.1 Å². The van der Waals surface area contributed by atoms with Gasteiger partial charge in [0.1, 0.15) is 5.60 Å². The molecule has 2 bridgehead atoms. The average molecular weight is 267 g/mol. The molecular weight excluding hydrogens is 242 g/mol. The van der Waals surface area contributed by atoms with Gasteiger partial charge >= 0.3 is 6.09 Å². The third-order valence-electron chi connectivity index (χ3n) is 3.90. The third-order valence-corrected chi connectivity index (χ3v) is 3.90. The van der Waals surface area contributed by atoms with Crippen molar-refractivity contribution in [3.05, 3.63) is 11.6 Å². The summed E-state index contributed by atoms with van der Waals surface area (Å²) in [5.74, 6) is 0. The van der Waals surface area contributed by atoms with Gasteiger partial charge in [0.2, 0.25) is 0 Å². The molecule has 0 aliphatic carbocycles. The first kappa shape index (κ1) is 14.4. The maximum absolute atomic E-state index is 12.3. The number of carbonyl (C=O) groups is 1. The zero-order valence-electron chi connectivity index (χ0n) is 12.2. The van der Waals surface area contributed by atoms with Gasteiger partial charge in [-0.3, -0.25) is 0 Å². The monoisotopic (exact) mass is 267 g/mol. The molecule has 108 valence electrons. The number of amides is 1. The van der Waals surface area contributed by atoms with Gasteiger partial charge in [-0.15, -0.1) is 0 Å². The van der Waals surface area contributed by atoms with Gasteiger partial charge in [0.15, 0.2) is 0 Å². The summed E-state index contributed by atoms with van der Waals surface area (Å²) in [5.41, 5.74) is 0.843. The molecule has 0 spiro atoms. The van der Waals surface area contributed by atoms with Gasteiger partial charge < -0.3 is 14.7 Å². The topological polar surface area (TPSA) is 49.8 Å². The highest BCUT2D eigenvalue weighted by Crippen LogP contribution is 2.37. The molecule has 2 atom stereocenters. The Hall–Kier alpha value is -1.03. The van der Waals surface area contributed by atoms with Crippen molar-refractivity contribution in [2.75, 3.05) is 6.61 Å². The number of aliphatic hydroxyl groups excluding tert-OH is 1. The van der Waals surface area contributed by atoms with E-state index >= 15 is 0 Å². The van der Waals surface area contributed by atoms with Crippen LogP contribution in [0, 0.1) is 0 Å². The minimum absolute atomic E-state index is 0.0964. The lowest BCUT2D eigenvalue weighted by Crippen LogP contribution is -2.43. The number of carbonyl (C=O) groups excluding carboxylic acids is 1. The third kappa shape index (κ3) is 3.50. The Labute approximate surface area is 115 Å². The van der Waals surface area contributed by atoms with Gasteiger partial charge in [-0.25, -0.2) is 4.79 Å². The first-order valence-corrected chi connectivity index (χ1v) is 7.21. The predicted molar refractivity (Wildman–Crippen MR) is 73.9 cm³/mol. The molecule has 0 saturated carbocycles. The molecule has 0 aromatic heterocycles. The van der Waals surface area contributed by atoms with Crippen LogP contribution in [0.2, 0.25) is 0 Å². The smallest absolute Gasteiger partial charge is 0.410 e. The summed E-state index contributed by atoms with van der Waals surface area (Å²) in [6, 6.07) is 0.560. The van der Waals surface area contributed by atoms with Crippen molar-refractivity contribution in [2.24, 2.45) is 0 Å². The standard InChI is InChI=1S/C15H25NO3/c1-15(2,3)19-14(18)16-12-5-4-11(8-9-17)10-13(16)7-6-12/h8,12-13,17H,4-7,9-10H2,1-3H3. The first-order chi connectivity index (χ1) is 8.90. The molecule has 1 N–H and O–H groups in total. The SMILES string of the molecule is CC(C)(C)OC(=O)N1C2CCC(=CCO)CC1CC2. The highest BCUT2D eigenvalue weighted by molar-refractivity contribution is 5.69. The Morgan fingerprint density at radius 1 is 1.37 bits per heavy atom. The van der Waals surface area contributed by atoms with E-state index in [4.69, 9.17) is 9.84 Å². The summed E-state index contributed by atoms with van der Waals surface area (Å²) < 4.78 is 5.53. The van der Waals surface area contributed by atoms with E-state index in [1.807, 2.05) is 31.7 Å². The van der Waals surface area contributed by atoms with Crippen LogP contribution in [0.1, 0.15) is 52.9 Å². The van der Waals surface area contributed by atoms with Crippen molar-refractivity contribution in [1.29, 1.82) is 0 Å². The maximum atomic E-state index is 12.3. The van der Waals surface area contributed by atoms with E-state index in [2.05, 4.69) is 0 Å². The molecule has 2 fully saturated rings. The quantitative estimate of drug-likeness (QED) is 0.743. The van der Waals surface area contributed by atoms with Crippen molar-refractivity contribution in [1.82, 2.24) is 4.90 Å². The molecule has 4 nitrogen and oxygen atoms in total. The molecule has 2 heterocycles. The molecule has 0 aromatic carbocycles. The van der Waals surface area contributed by atoms with Crippen LogP contribution < -0.4 is 0 Å². The molecule has 2 unspecified atom stereocenters. The van der Waals surface area contributed by atoms with Crippen molar-refractivity contribution in [3.63, 3.8) is 0 Å². The fraction of sp³-hybridized carbons (Fsp3) is 0.800. The van der Waals surface area contributed by atoms with Crippen molar-refractivity contribution < 1.29 is 14.6 Å². The lowest BCUT2D eigenvalue weighted by molar-refractivity contribution is 0.0154. The number of ether oxygens (including phenoxy) is 1. The minimum atomic E-state index is -0.438. The molecular formula is C15H25NO3. The van der Waals surface area contributed by atoms with Gasteiger partial charge in [0.05, 0.1) is 6.61 Å². The second-order valence-electron chi connectivity index (χ2n) is 6.56. The summed E-state index contributed by atoms with van der Waals surface area (Å²) in [6.45, 7) is 5.81. The van der Waals surface area contributed by atoms with Crippen molar-refractivity contribution >= 4 is 6.09 Å². The van der Waals surface area contributed by atoms with Gasteiger partial charge in [-0.1, -0.05) is 11.6 Å².